The molecule has 12 nitrogen and oxygen atoms in total. The van der Waals surface area contributed by atoms with Crippen LogP contribution in [-0.2, 0) is 17.1 Å². The number of hydrogen-bond donors (Lipinski definition) is 1. The topological polar surface area (TPSA) is 139 Å². The van der Waals surface area contributed by atoms with Crippen LogP contribution in [0.15, 0.2) is 48.8 Å². The maximum absolute atomic E-state index is 13.7. The molecule has 0 aliphatic carbocycles. The Morgan fingerprint density at radius 1 is 1.00 bits per heavy atom. The fraction of sp³-hybridized carbons (Fsp3) is 0.296. The maximum atomic E-state index is 13.7. The van der Waals surface area contributed by atoms with Crippen molar-refractivity contribution >= 4 is 38.5 Å². The molecule has 0 saturated carbocycles. The summed E-state index contributed by atoms with van der Waals surface area (Å²) in [6.45, 7) is 5.29. The van der Waals surface area contributed by atoms with Gasteiger partial charge in [-0.05, 0) is 38.1 Å². The average molecular weight is 597 g/mol. The molecule has 2 aromatic carbocycles. The molecule has 41 heavy (non-hydrogen) atoms. The Bertz CT molecular complexity index is 1810. The monoisotopic (exact) mass is 596 g/mol. The summed E-state index contributed by atoms with van der Waals surface area (Å²) in [6.07, 6.45) is 2.87. The summed E-state index contributed by atoms with van der Waals surface area (Å²) in [5.74, 6) is 0.838. The Balaban J connectivity index is 1.68. The molecule has 214 valence electrons. The second-order valence-electron chi connectivity index (χ2n) is 9.59. The molecule has 0 amide bonds. The van der Waals surface area contributed by atoms with Crippen LogP contribution in [0.4, 0.5) is 5.95 Å². The van der Waals surface area contributed by atoms with Crippen LogP contribution in [0.5, 0.6) is 11.5 Å². The van der Waals surface area contributed by atoms with E-state index in [4.69, 9.17) is 26.2 Å². The first-order valence-corrected chi connectivity index (χ1v) is 14.6. The number of nitrogens with one attached hydrogen (secondary N) is 1. The van der Waals surface area contributed by atoms with E-state index in [0.29, 0.717) is 39.6 Å². The van der Waals surface area contributed by atoms with Gasteiger partial charge in [0.15, 0.2) is 5.82 Å². The van der Waals surface area contributed by atoms with Crippen molar-refractivity contribution in [1.82, 2.24) is 34.5 Å². The van der Waals surface area contributed by atoms with Gasteiger partial charge in [0, 0.05) is 30.7 Å². The summed E-state index contributed by atoms with van der Waals surface area (Å²) in [4.78, 5) is 8.40. The fourth-order valence-corrected chi connectivity index (χ4v) is 5.90. The van der Waals surface area contributed by atoms with Crippen LogP contribution in [0.1, 0.15) is 31.2 Å². The minimum absolute atomic E-state index is 0.0645. The van der Waals surface area contributed by atoms with E-state index < -0.39 is 21.2 Å². The van der Waals surface area contributed by atoms with Crippen LogP contribution in [0.3, 0.4) is 0 Å². The van der Waals surface area contributed by atoms with Gasteiger partial charge >= 0.3 is 0 Å². The van der Waals surface area contributed by atoms with Crippen LogP contribution >= 0.6 is 11.6 Å². The molecule has 0 radical (unpaired) electrons. The van der Waals surface area contributed by atoms with E-state index in [9.17, 15) is 8.42 Å². The van der Waals surface area contributed by atoms with Crippen LogP contribution < -0.4 is 14.2 Å². The van der Waals surface area contributed by atoms with Gasteiger partial charge in [0.2, 0.25) is 16.0 Å². The number of benzene rings is 2. The van der Waals surface area contributed by atoms with E-state index in [0.717, 1.165) is 16.5 Å². The highest BCUT2D eigenvalue weighted by molar-refractivity contribution is 7.93. The molecular formula is C27H29ClN8O4S. The lowest BCUT2D eigenvalue weighted by Crippen LogP contribution is -2.31. The molecule has 0 spiro atoms. The number of para-hydroxylation sites is 1. The third kappa shape index (κ3) is 5.18. The molecule has 0 saturated heterocycles. The molecule has 5 rings (SSSR count). The number of anilines is 1. The SMILES string of the molecule is COc1cccc(OC)c1-n1c(NS(=O)(=O)C(C)C(C)c2ncc(Cl)cn2)nnc1-c1nn(C)c2ccc(C)cc12. The number of hydrogen-bond acceptors (Lipinski definition) is 9. The lowest BCUT2D eigenvalue weighted by molar-refractivity contribution is 0.391. The second kappa shape index (κ2) is 11.0. The van der Waals surface area contributed by atoms with Crippen molar-refractivity contribution in [3.8, 4) is 28.7 Å². The third-order valence-corrected chi connectivity index (χ3v) is 9.03. The Kier molecular flexibility index (Phi) is 7.58. The molecule has 0 aliphatic rings. The lowest BCUT2D eigenvalue weighted by atomic mass is 10.1. The molecule has 0 aliphatic heterocycles. The highest BCUT2D eigenvalue weighted by atomic mass is 35.5. The van der Waals surface area contributed by atoms with E-state index in [1.165, 1.54) is 26.6 Å². The normalized spacial score (nSPS) is 13.2. The van der Waals surface area contributed by atoms with Gasteiger partial charge in [-0.15, -0.1) is 10.2 Å². The number of ether oxygens (including phenoxy) is 2. The summed E-state index contributed by atoms with van der Waals surface area (Å²) < 4.78 is 44.7. The largest absolute Gasteiger partial charge is 0.494 e. The van der Waals surface area contributed by atoms with Gasteiger partial charge in [0.25, 0.3) is 0 Å². The van der Waals surface area contributed by atoms with Crippen molar-refractivity contribution in [2.24, 2.45) is 7.05 Å². The number of sulfonamides is 1. The zero-order valence-electron chi connectivity index (χ0n) is 23.3. The van der Waals surface area contributed by atoms with E-state index in [1.54, 1.807) is 41.3 Å². The summed E-state index contributed by atoms with van der Waals surface area (Å²) in [5.41, 5.74) is 2.82. The minimum Gasteiger partial charge on any atom is -0.494 e. The zero-order chi connectivity index (χ0) is 29.5. The smallest absolute Gasteiger partial charge is 0.243 e. The number of methoxy groups -OCH3 is 2. The first-order valence-electron chi connectivity index (χ1n) is 12.6. The van der Waals surface area contributed by atoms with Gasteiger partial charge in [-0.25, -0.2) is 18.4 Å². The van der Waals surface area contributed by atoms with Gasteiger partial charge in [-0.3, -0.25) is 14.0 Å². The van der Waals surface area contributed by atoms with Crippen molar-refractivity contribution in [3.05, 3.63) is 65.2 Å². The van der Waals surface area contributed by atoms with E-state index in [-0.39, 0.29) is 5.95 Å². The molecule has 14 heteroatoms. The average Bonchev–Trinajstić information content (AvgIpc) is 3.51. The molecule has 2 atom stereocenters. The van der Waals surface area contributed by atoms with Gasteiger partial charge in [-0.2, -0.15) is 5.10 Å². The first-order chi connectivity index (χ1) is 19.6. The van der Waals surface area contributed by atoms with Gasteiger partial charge in [-0.1, -0.05) is 36.2 Å². The predicted octanol–water partition coefficient (Wildman–Crippen LogP) is 4.52. The molecule has 3 heterocycles. The third-order valence-electron chi connectivity index (χ3n) is 6.98. The standard InChI is InChI=1S/C27H29ClN8O4S/c1-15-10-11-20-19(12-15)23(33-35(20)4)26-31-32-27(36(26)24-21(39-5)8-7-9-22(24)40-6)34-41(37,38)17(3)16(2)25-29-13-18(28)14-30-25/h7-14,16-17H,1-6H3,(H,32,34). The predicted molar refractivity (Wildman–Crippen MR) is 156 cm³/mol. The summed E-state index contributed by atoms with van der Waals surface area (Å²) in [7, 11) is 0.814. The summed E-state index contributed by atoms with van der Waals surface area (Å²) in [5, 5.41) is 13.7. The summed E-state index contributed by atoms with van der Waals surface area (Å²) in [6, 6.07) is 11.2. The molecule has 0 fully saturated rings. The van der Waals surface area contributed by atoms with Crippen molar-refractivity contribution in [3.63, 3.8) is 0 Å². The van der Waals surface area contributed by atoms with Crippen LogP contribution in [0.25, 0.3) is 28.1 Å². The maximum Gasteiger partial charge on any atom is 0.243 e. The zero-order valence-corrected chi connectivity index (χ0v) is 24.9. The molecular weight excluding hydrogens is 568 g/mol. The molecule has 1 N–H and O–H groups in total. The number of halogens is 1. The van der Waals surface area contributed by atoms with Crippen molar-refractivity contribution < 1.29 is 17.9 Å². The Morgan fingerprint density at radius 2 is 1.66 bits per heavy atom. The fourth-order valence-electron chi connectivity index (χ4n) is 4.57. The Labute approximate surface area is 242 Å². The van der Waals surface area contributed by atoms with Crippen molar-refractivity contribution in [2.45, 2.75) is 31.9 Å². The van der Waals surface area contributed by atoms with E-state index in [2.05, 4.69) is 24.9 Å². The molecule has 3 aromatic heterocycles. The highest BCUT2D eigenvalue weighted by Crippen LogP contribution is 2.39. The number of fused-ring (bicyclic) bond motifs is 1. The lowest BCUT2D eigenvalue weighted by Gasteiger charge is -2.21. The number of rotatable bonds is 9. The second-order valence-corrected chi connectivity index (χ2v) is 12.1. The first kappa shape index (κ1) is 28.3. The Hall–Kier alpha value is -4.23. The van der Waals surface area contributed by atoms with E-state index >= 15 is 0 Å². The Morgan fingerprint density at radius 3 is 2.29 bits per heavy atom. The number of nitrogens with zero attached hydrogens (tertiary/aromatic N) is 7. The van der Waals surface area contributed by atoms with Gasteiger partial charge in [0.05, 0.1) is 30.0 Å². The van der Waals surface area contributed by atoms with Crippen LogP contribution in [0.2, 0.25) is 5.02 Å². The van der Waals surface area contributed by atoms with Crippen LogP contribution in [0, 0.1) is 6.92 Å². The van der Waals surface area contributed by atoms with Crippen LogP contribution in [-0.4, -0.2) is 62.4 Å². The van der Waals surface area contributed by atoms with Crippen molar-refractivity contribution in [2.75, 3.05) is 18.9 Å². The molecule has 2 unspecified atom stereocenters. The van der Waals surface area contributed by atoms with Crippen molar-refractivity contribution in [1.29, 1.82) is 0 Å². The quantitative estimate of drug-likeness (QED) is 0.260. The highest BCUT2D eigenvalue weighted by Gasteiger charge is 2.33. The molecule has 0 bridgehead atoms. The van der Waals surface area contributed by atoms with Gasteiger partial charge < -0.3 is 9.47 Å². The summed E-state index contributed by atoms with van der Waals surface area (Å²) >= 11 is 5.92. The number of aryl methyl sites for hydroxylation is 2. The minimum atomic E-state index is -4.05. The number of aromatic nitrogens is 7. The van der Waals surface area contributed by atoms with E-state index in [1.807, 2.05) is 32.2 Å². The van der Waals surface area contributed by atoms with Gasteiger partial charge in [0.1, 0.15) is 28.7 Å². The molecule has 5 aromatic rings.